The highest BCUT2D eigenvalue weighted by molar-refractivity contribution is 7.13. The minimum atomic E-state index is -0.922. The highest BCUT2D eigenvalue weighted by atomic mass is 32.1. The number of ether oxygens (including phenoxy) is 3. The van der Waals surface area contributed by atoms with Crippen LogP contribution in [-0.2, 0) is 39.9 Å². The number of aliphatic hydroxyl groups excluding tert-OH is 1. The van der Waals surface area contributed by atoms with E-state index in [1.54, 1.807) is 32.1 Å². The molecule has 0 radical (unpaired) electrons. The molecule has 1 aromatic heterocycles. The third-order valence-corrected chi connectivity index (χ3v) is 8.41. The van der Waals surface area contributed by atoms with Gasteiger partial charge in [-0.15, -0.1) is 11.3 Å². The average Bonchev–Trinajstić information content (AvgIpc) is 3.59. The first-order valence-electron chi connectivity index (χ1n) is 16.0. The summed E-state index contributed by atoms with van der Waals surface area (Å²) in [6, 6.07) is 6.07. The molecule has 260 valence electrons. The van der Waals surface area contributed by atoms with Gasteiger partial charge in [-0.3, -0.25) is 19.2 Å². The first-order chi connectivity index (χ1) is 22.0. The van der Waals surface area contributed by atoms with Gasteiger partial charge >= 0.3 is 5.97 Å². The predicted octanol–water partition coefficient (Wildman–Crippen LogP) is 3.38. The molecular weight excluding hydrogens is 624 g/mol. The van der Waals surface area contributed by atoms with Gasteiger partial charge in [-0.1, -0.05) is 45.0 Å². The van der Waals surface area contributed by atoms with Gasteiger partial charge < -0.3 is 34.9 Å². The lowest BCUT2D eigenvalue weighted by molar-refractivity contribution is -0.156. The van der Waals surface area contributed by atoms with Crippen molar-refractivity contribution in [2.75, 3.05) is 33.0 Å². The zero-order valence-electron chi connectivity index (χ0n) is 28.6. The van der Waals surface area contributed by atoms with Crippen molar-refractivity contribution < 1.29 is 38.5 Å². The van der Waals surface area contributed by atoms with Gasteiger partial charge in [0.2, 0.25) is 17.7 Å². The summed E-state index contributed by atoms with van der Waals surface area (Å²) in [7, 11) is 0. The molecule has 0 unspecified atom stereocenters. The molecule has 0 spiro atoms. The summed E-state index contributed by atoms with van der Waals surface area (Å²) in [5.74, 6) is -1.50. The SMILES string of the molecule is Cc1ncsc1-c1ccc(CNC(=O)[C@@H]2C[C@@H](O)CN2C(=O)[C@@H](NC(=O)CCOCCOCCC(=O)OC(C)(C)C)C(C)(C)C)cc1. The van der Waals surface area contributed by atoms with E-state index >= 15 is 0 Å². The highest BCUT2D eigenvalue weighted by Crippen LogP contribution is 2.28. The van der Waals surface area contributed by atoms with E-state index < -0.39 is 35.1 Å². The Balaban J connectivity index is 1.46. The largest absolute Gasteiger partial charge is 0.460 e. The van der Waals surface area contributed by atoms with Gasteiger partial charge in [0.1, 0.15) is 17.7 Å². The lowest BCUT2D eigenvalue weighted by Gasteiger charge is -2.35. The number of nitrogens with one attached hydrogen (secondary N) is 2. The van der Waals surface area contributed by atoms with Crippen LogP contribution in [0.5, 0.6) is 0 Å². The second-order valence-electron chi connectivity index (χ2n) is 13.8. The molecule has 47 heavy (non-hydrogen) atoms. The maximum Gasteiger partial charge on any atom is 0.308 e. The van der Waals surface area contributed by atoms with E-state index in [2.05, 4.69) is 15.6 Å². The number of esters is 1. The quantitative estimate of drug-likeness (QED) is 0.190. The van der Waals surface area contributed by atoms with Crippen LogP contribution in [0.4, 0.5) is 0 Å². The molecule has 12 nitrogen and oxygen atoms in total. The topological polar surface area (TPSA) is 156 Å². The summed E-state index contributed by atoms with van der Waals surface area (Å²) in [6.07, 6.45) is -0.584. The van der Waals surface area contributed by atoms with E-state index in [9.17, 15) is 24.3 Å². The van der Waals surface area contributed by atoms with E-state index in [0.29, 0.717) is 0 Å². The monoisotopic (exact) mass is 674 g/mol. The van der Waals surface area contributed by atoms with Gasteiger partial charge in [0.25, 0.3) is 0 Å². The molecule has 1 aliphatic rings. The van der Waals surface area contributed by atoms with Crippen molar-refractivity contribution in [1.29, 1.82) is 0 Å². The highest BCUT2D eigenvalue weighted by Gasteiger charge is 2.44. The number of aromatic nitrogens is 1. The molecule has 1 aromatic carbocycles. The minimum absolute atomic E-state index is 0.000688. The van der Waals surface area contributed by atoms with Gasteiger partial charge in [-0.25, -0.2) is 4.98 Å². The smallest absolute Gasteiger partial charge is 0.308 e. The van der Waals surface area contributed by atoms with Crippen molar-refractivity contribution in [2.24, 2.45) is 5.41 Å². The number of aliphatic hydroxyl groups is 1. The molecule has 1 fully saturated rings. The third kappa shape index (κ3) is 12.3. The van der Waals surface area contributed by atoms with E-state index in [1.807, 2.05) is 57.5 Å². The van der Waals surface area contributed by atoms with Gasteiger partial charge in [0, 0.05) is 25.9 Å². The second-order valence-corrected chi connectivity index (χ2v) is 14.6. The van der Waals surface area contributed by atoms with E-state index in [4.69, 9.17) is 14.2 Å². The van der Waals surface area contributed by atoms with Crippen LogP contribution in [0.15, 0.2) is 29.8 Å². The lowest BCUT2D eigenvalue weighted by atomic mass is 9.85. The van der Waals surface area contributed by atoms with Crippen LogP contribution in [0, 0.1) is 12.3 Å². The molecule has 0 saturated carbocycles. The number of likely N-dealkylation sites (tertiary alicyclic amines) is 1. The van der Waals surface area contributed by atoms with Crippen molar-refractivity contribution in [3.63, 3.8) is 0 Å². The summed E-state index contributed by atoms with van der Waals surface area (Å²) < 4.78 is 16.1. The molecule has 3 rings (SSSR count). The zero-order valence-corrected chi connectivity index (χ0v) is 29.4. The number of carbonyl (C=O) groups excluding carboxylic acids is 4. The first-order valence-corrected chi connectivity index (χ1v) is 16.9. The summed E-state index contributed by atoms with van der Waals surface area (Å²) >= 11 is 1.57. The summed E-state index contributed by atoms with van der Waals surface area (Å²) in [6.45, 7) is 14.0. The van der Waals surface area contributed by atoms with Gasteiger partial charge in [0.05, 0.1) is 55.0 Å². The van der Waals surface area contributed by atoms with E-state index in [-0.39, 0.29) is 76.6 Å². The standard InChI is InChI=1S/C34H50N4O8S/c1-22-29(47-21-36-22)24-10-8-23(9-11-24)19-35-31(42)26-18-25(39)20-38(26)32(43)30(33(2,3)4)37-27(40)12-14-44-16-17-45-15-13-28(41)46-34(5,6)7/h8-11,21,25-26,30,39H,12-20H2,1-7H3,(H,35,42)(H,37,40)/t25-,26+,30-/m1/s1. The molecular formula is C34H50N4O8S. The van der Waals surface area contributed by atoms with Crippen LogP contribution < -0.4 is 10.6 Å². The summed E-state index contributed by atoms with van der Waals surface area (Å²) in [4.78, 5) is 58.4. The number of aryl methyl sites for hydroxylation is 1. The first kappa shape index (κ1) is 38.1. The lowest BCUT2D eigenvalue weighted by Crippen LogP contribution is -2.57. The molecule has 0 bridgehead atoms. The van der Waals surface area contributed by atoms with Crippen molar-refractivity contribution in [3.05, 3.63) is 41.0 Å². The Kier molecular flexibility index (Phi) is 13.9. The van der Waals surface area contributed by atoms with Gasteiger partial charge in [-0.05, 0) is 44.2 Å². The minimum Gasteiger partial charge on any atom is -0.460 e. The molecule has 1 saturated heterocycles. The van der Waals surface area contributed by atoms with Crippen LogP contribution in [0.25, 0.3) is 10.4 Å². The van der Waals surface area contributed by atoms with Gasteiger partial charge in [0.15, 0.2) is 0 Å². The fourth-order valence-corrected chi connectivity index (χ4v) is 5.86. The molecule has 3 N–H and O–H groups in total. The number of thiazole rings is 1. The average molecular weight is 675 g/mol. The maximum atomic E-state index is 13.8. The Hall–Kier alpha value is -3.39. The Morgan fingerprint density at radius 2 is 1.64 bits per heavy atom. The molecule has 3 atom stereocenters. The van der Waals surface area contributed by atoms with Crippen LogP contribution in [-0.4, -0.2) is 95.4 Å². The van der Waals surface area contributed by atoms with Crippen molar-refractivity contribution in [1.82, 2.24) is 20.5 Å². The van der Waals surface area contributed by atoms with Gasteiger partial charge in [-0.2, -0.15) is 0 Å². The Bertz CT molecular complexity index is 1350. The Labute approximate surface area is 281 Å². The van der Waals surface area contributed by atoms with Crippen LogP contribution >= 0.6 is 11.3 Å². The molecule has 2 aromatic rings. The number of benzene rings is 1. The number of hydrogen-bond acceptors (Lipinski definition) is 10. The predicted molar refractivity (Wildman–Crippen MR) is 178 cm³/mol. The number of β-amino-alcohol motifs (C(OH)–C–C–N with tert-alkyl or cyclic N) is 1. The Morgan fingerprint density at radius 1 is 1.00 bits per heavy atom. The normalized spacial score (nSPS) is 17.3. The zero-order chi connectivity index (χ0) is 34.8. The number of nitrogens with zero attached hydrogens (tertiary/aromatic N) is 2. The number of rotatable bonds is 15. The van der Waals surface area contributed by atoms with Crippen molar-refractivity contribution >= 4 is 35.0 Å². The maximum absolute atomic E-state index is 13.8. The third-order valence-electron chi connectivity index (χ3n) is 7.43. The second kappa shape index (κ2) is 17.1. The Morgan fingerprint density at radius 3 is 2.21 bits per heavy atom. The molecule has 2 heterocycles. The summed E-state index contributed by atoms with van der Waals surface area (Å²) in [5.41, 5.74) is 3.52. The van der Waals surface area contributed by atoms with Crippen LogP contribution in [0.3, 0.4) is 0 Å². The fraction of sp³-hybridized carbons (Fsp3) is 0.618. The van der Waals surface area contributed by atoms with E-state index in [0.717, 1.165) is 21.7 Å². The fourth-order valence-electron chi connectivity index (χ4n) is 5.05. The number of hydrogen-bond donors (Lipinski definition) is 3. The summed E-state index contributed by atoms with van der Waals surface area (Å²) in [5, 5.41) is 16.2. The number of carbonyl (C=O) groups is 4. The molecule has 3 amide bonds. The number of amides is 3. The molecule has 1 aliphatic heterocycles. The molecule has 13 heteroatoms. The van der Waals surface area contributed by atoms with Crippen LogP contribution in [0.1, 0.15) is 72.1 Å². The van der Waals surface area contributed by atoms with Crippen molar-refractivity contribution in [3.8, 4) is 10.4 Å². The van der Waals surface area contributed by atoms with Crippen LogP contribution in [0.2, 0.25) is 0 Å². The van der Waals surface area contributed by atoms with E-state index in [1.165, 1.54) is 4.90 Å². The molecule has 0 aliphatic carbocycles. The van der Waals surface area contributed by atoms with Crippen molar-refractivity contribution in [2.45, 2.75) is 98.1 Å².